The summed E-state index contributed by atoms with van der Waals surface area (Å²) in [6.07, 6.45) is 0. The van der Waals surface area contributed by atoms with Crippen LogP contribution in [0.25, 0.3) is 99.2 Å². The lowest BCUT2D eigenvalue weighted by Crippen LogP contribution is -1.97. The number of benzene rings is 8. The Balaban J connectivity index is 1.29. The van der Waals surface area contributed by atoms with Crippen LogP contribution in [0.4, 0.5) is 0 Å². The third-order valence-corrected chi connectivity index (χ3v) is 9.82. The minimum Gasteiger partial charge on any atom is -0.247 e. The average Bonchev–Trinajstić information content (AvgIpc) is 3.20. The van der Waals surface area contributed by atoms with Gasteiger partial charge in [-0.05, 0) is 50.5 Å². The lowest BCUT2D eigenvalue weighted by molar-refractivity contribution is 1.18. The second-order valence-corrected chi connectivity index (χ2v) is 12.8. The Bertz CT molecular complexity index is 2860. The van der Waals surface area contributed by atoms with Crippen LogP contribution in [0.2, 0.25) is 0 Å². The highest BCUT2D eigenvalue weighted by atomic mass is 14.9. The van der Waals surface area contributed by atoms with E-state index in [0.717, 1.165) is 55.6 Å². The molecule has 0 aliphatic rings. The van der Waals surface area contributed by atoms with Crippen LogP contribution in [0.3, 0.4) is 0 Å². The van der Waals surface area contributed by atoms with E-state index in [1.54, 1.807) is 0 Å². The summed E-state index contributed by atoms with van der Waals surface area (Å²) in [7, 11) is 0. The Morgan fingerprint density at radius 1 is 0.300 bits per heavy atom. The van der Waals surface area contributed by atoms with Gasteiger partial charge >= 0.3 is 0 Å². The second kappa shape index (κ2) is 11.5. The van der Waals surface area contributed by atoms with E-state index in [4.69, 9.17) is 15.0 Å². The van der Waals surface area contributed by atoms with Crippen LogP contribution in [-0.2, 0) is 0 Å². The van der Waals surface area contributed by atoms with Crippen LogP contribution in [-0.4, -0.2) is 15.0 Å². The number of para-hydroxylation sites is 1. The molecule has 232 valence electrons. The van der Waals surface area contributed by atoms with Crippen molar-refractivity contribution in [1.82, 2.24) is 15.0 Å². The Labute approximate surface area is 289 Å². The van der Waals surface area contributed by atoms with Crippen LogP contribution < -0.4 is 0 Å². The Hall–Kier alpha value is -6.71. The van der Waals surface area contributed by atoms with Crippen LogP contribution in [0.5, 0.6) is 0 Å². The number of pyridine rings is 1. The third kappa shape index (κ3) is 4.56. The summed E-state index contributed by atoms with van der Waals surface area (Å²) in [6, 6.07) is 61.9. The molecule has 10 aromatic rings. The summed E-state index contributed by atoms with van der Waals surface area (Å²) in [5.41, 5.74) is 7.77. The molecule has 0 unspecified atom stereocenters. The predicted octanol–water partition coefficient (Wildman–Crippen LogP) is 12.3. The fourth-order valence-corrected chi connectivity index (χ4v) is 7.54. The topological polar surface area (TPSA) is 38.7 Å². The van der Waals surface area contributed by atoms with Gasteiger partial charge in [0, 0.05) is 38.4 Å². The van der Waals surface area contributed by atoms with Gasteiger partial charge in [-0.2, -0.15) is 0 Å². The molecule has 0 radical (unpaired) electrons. The summed E-state index contributed by atoms with van der Waals surface area (Å²) in [5, 5.41) is 10.9. The van der Waals surface area contributed by atoms with Gasteiger partial charge in [0.1, 0.15) is 0 Å². The molecule has 8 aromatic carbocycles. The molecule has 0 fully saturated rings. The molecular formula is C47H29N3. The van der Waals surface area contributed by atoms with Gasteiger partial charge in [-0.1, -0.05) is 158 Å². The van der Waals surface area contributed by atoms with Crippen molar-refractivity contribution in [1.29, 1.82) is 0 Å². The number of rotatable bonds is 4. The average molecular weight is 636 g/mol. The molecule has 2 aromatic heterocycles. The van der Waals surface area contributed by atoms with Crippen molar-refractivity contribution in [3.63, 3.8) is 0 Å². The number of nitrogens with zero attached hydrogens (tertiary/aromatic N) is 3. The zero-order chi connectivity index (χ0) is 33.0. The molecule has 0 saturated heterocycles. The standard InChI is InChI=1S/C47H29N3/c1-3-15-31(16-4-1)41-29-42(32-17-5-2-6-18-32)50-47(49-41)34-20-13-19-33(28-34)46-45-37-23-10-9-22-36(37)38-27-26-30-14-7-8-21-35(30)43(38)44(45)39-24-11-12-25-40(39)48-46/h1-29H. The molecular weight excluding hydrogens is 607 g/mol. The summed E-state index contributed by atoms with van der Waals surface area (Å²) in [6.45, 7) is 0. The summed E-state index contributed by atoms with van der Waals surface area (Å²) >= 11 is 0. The minimum absolute atomic E-state index is 0.679. The van der Waals surface area contributed by atoms with Crippen LogP contribution in [0.1, 0.15) is 0 Å². The van der Waals surface area contributed by atoms with E-state index in [1.807, 2.05) is 36.4 Å². The van der Waals surface area contributed by atoms with E-state index >= 15 is 0 Å². The van der Waals surface area contributed by atoms with Crippen molar-refractivity contribution in [3.05, 3.63) is 176 Å². The molecule has 0 N–H and O–H groups in total. The van der Waals surface area contributed by atoms with E-state index in [9.17, 15) is 0 Å². The van der Waals surface area contributed by atoms with Gasteiger partial charge in [0.15, 0.2) is 5.82 Å². The van der Waals surface area contributed by atoms with Gasteiger partial charge in [0.05, 0.1) is 22.6 Å². The van der Waals surface area contributed by atoms with E-state index in [2.05, 4.69) is 140 Å². The predicted molar refractivity (Wildman–Crippen MR) is 209 cm³/mol. The highest BCUT2D eigenvalue weighted by molar-refractivity contribution is 6.37. The van der Waals surface area contributed by atoms with Crippen molar-refractivity contribution in [2.45, 2.75) is 0 Å². The van der Waals surface area contributed by atoms with E-state index < -0.39 is 0 Å². The third-order valence-electron chi connectivity index (χ3n) is 9.82. The van der Waals surface area contributed by atoms with Gasteiger partial charge in [-0.25, -0.2) is 15.0 Å². The molecule has 0 aliphatic carbocycles. The quantitative estimate of drug-likeness (QED) is 0.181. The van der Waals surface area contributed by atoms with Crippen molar-refractivity contribution >= 4 is 54.0 Å². The van der Waals surface area contributed by atoms with E-state index in [-0.39, 0.29) is 0 Å². The molecule has 3 nitrogen and oxygen atoms in total. The first-order chi connectivity index (χ1) is 24.8. The number of hydrogen-bond acceptors (Lipinski definition) is 3. The molecule has 0 atom stereocenters. The number of hydrogen-bond donors (Lipinski definition) is 0. The lowest BCUT2D eigenvalue weighted by atomic mass is 9.87. The van der Waals surface area contributed by atoms with Gasteiger partial charge in [-0.3, -0.25) is 0 Å². The summed E-state index contributed by atoms with van der Waals surface area (Å²) in [4.78, 5) is 15.7. The van der Waals surface area contributed by atoms with Gasteiger partial charge in [0.2, 0.25) is 0 Å². The minimum atomic E-state index is 0.679. The van der Waals surface area contributed by atoms with Gasteiger partial charge < -0.3 is 0 Å². The Kier molecular flexibility index (Phi) is 6.49. The maximum atomic E-state index is 5.43. The van der Waals surface area contributed by atoms with Crippen molar-refractivity contribution in [3.8, 4) is 45.2 Å². The van der Waals surface area contributed by atoms with Crippen molar-refractivity contribution < 1.29 is 0 Å². The molecule has 3 heteroatoms. The number of fused-ring (bicyclic) bond motifs is 10. The molecule has 2 heterocycles. The highest BCUT2D eigenvalue weighted by Crippen LogP contribution is 2.45. The normalized spacial score (nSPS) is 11.6. The molecule has 0 spiro atoms. The highest BCUT2D eigenvalue weighted by Gasteiger charge is 2.20. The SMILES string of the molecule is c1ccc(-c2cc(-c3ccccc3)nc(-c3cccc(-c4nc5ccccc5c5c4c4ccccc4c4ccc6ccccc6c45)c3)n2)cc1. The first-order valence-corrected chi connectivity index (χ1v) is 17.0. The fraction of sp³-hybridized carbons (Fsp3) is 0. The van der Waals surface area contributed by atoms with E-state index in [1.165, 1.54) is 37.7 Å². The van der Waals surface area contributed by atoms with E-state index in [0.29, 0.717) is 5.82 Å². The lowest BCUT2D eigenvalue weighted by Gasteiger charge is -2.18. The Morgan fingerprint density at radius 2 is 0.860 bits per heavy atom. The maximum absolute atomic E-state index is 5.43. The fourth-order valence-electron chi connectivity index (χ4n) is 7.54. The molecule has 0 saturated carbocycles. The number of aromatic nitrogens is 3. The summed E-state index contributed by atoms with van der Waals surface area (Å²) < 4.78 is 0. The first kappa shape index (κ1) is 28.3. The zero-order valence-corrected chi connectivity index (χ0v) is 27.1. The Morgan fingerprint density at radius 3 is 1.60 bits per heavy atom. The maximum Gasteiger partial charge on any atom is 0.160 e. The molecule has 10 rings (SSSR count). The van der Waals surface area contributed by atoms with Crippen LogP contribution >= 0.6 is 0 Å². The second-order valence-electron chi connectivity index (χ2n) is 12.8. The molecule has 0 amide bonds. The van der Waals surface area contributed by atoms with Gasteiger partial charge in [-0.15, -0.1) is 0 Å². The smallest absolute Gasteiger partial charge is 0.160 e. The monoisotopic (exact) mass is 635 g/mol. The molecule has 0 aliphatic heterocycles. The molecule has 50 heavy (non-hydrogen) atoms. The van der Waals surface area contributed by atoms with Crippen molar-refractivity contribution in [2.24, 2.45) is 0 Å². The summed E-state index contributed by atoms with van der Waals surface area (Å²) in [5.74, 6) is 0.679. The van der Waals surface area contributed by atoms with Crippen molar-refractivity contribution in [2.75, 3.05) is 0 Å². The zero-order valence-electron chi connectivity index (χ0n) is 27.1. The molecule has 0 bridgehead atoms. The first-order valence-electron chi connectivity index (χ1n) is 17.0. The van der Waals surface area contributed by atoms with Crippen LogP contribution in [0.15, 0.2) is 176 Å². The van der Waals surface area contributed by atoms with Gasteiger partial charge in [0.25, 0.3) is 0 Å². The largest absolute Gasteiger partial charge is 0.247 e. The van der Waals surface area contributed by atoms with Crippen LogP contribution in [0, 0.1) is 0 Å².